The van der Waals surface area contributed by atoms with Crippen molar-refractivity contribution in [3.05, 3.63) is 65.2 Å². The molecule has 20 heavy (non-hydrogen) atoms. The Bertz CT molecular complexity index is 605. The SMILES string of the molecule is CCN(Cc1ccncc1)Cc1ccc(F)c(C#N)c1. The summed E-state index contributed by atoms with van der Waals surface area (Å²) >= 11 is 0. The minimum Gasteiger partial charge on any atom is -0.295 e. The molecule has 0 amide bonds. The summed E-state index contributed by atoms with van der Waals surface area (Å²) in [6.45, 7) is 4.45. The molecular weight excluding hydrogens is 253 g/mol. The normalized spacial score (nSPS) is 10.5. The van der Waals surface area contributed by atoms with Gasteiger partial charge in [-0.25, -0.2) is 4.39 Å². The summed E-state index contributed by atoms with van der Waals surface area (Å²) in [4.78, 5) is 6.22. The second kappa shape index (κ2) is 6.78. The van der Waals surface area contributed by atoms with Crippen LogP contribution >= 0.6 is 0 Å². The number of rotatable bonds is 5. The smallest absolute Gasteiger partial charge is 0.140 e. The highest BCUT2D eigenvalue weighted by atomic mass is 19.1. The zero-order chi connectivity index (χ0) is 14.4. The molecule has 102 valence electrons. The molecule has 1 aromatic carbocycles. The van der Waals surface area contributed by atoms with Crippen LogP contribution in [-0.4, -0.2) is 16.4 Å². The Morgan fingerprint density at radius 3 is 2.50 bits per heavy atom. The van der Waals surface area contributed by atoms with Gasteiger partial charge in [0.2, 0.25) is 0 Å². The topological polar surface area (TPSA) is 39.9 Å². The second-order valence-electron chi connectivity index (χ2n) is 4.58. The zero-order valence-corrected chi connectivity index (χ0v) is 11.4. The molecule has 0 atom stereocenters. The van der Waals surface area contributed by atoms with Crippen molar-refractivity contribution in [2.75, 3.05) is 6.54 Å². The summed E-state index contributed by atoms with van der Waals surface area (Å²) in [6, 6.07) is 10.5. The third-order valence-corrected chi connectivity index (χ3v) is 3.16. The van der Waals surface area contributed by atoms with E-state index in [-0.39, 0.29) is 5.56 Å². The number of hydrogen-bond acceptors (Lipinski definition) is 3. The average Bonchev–Trinajstić information content (AvgIpc) is 2.49. The largest absolute Gasteiger partial charge is 0.295 e. The fourth-order valence-electron chi connectivity index (χ4n) is 2.04. The van der Waals surface area contributed by atoms with Gasteiger partial charge >= 0.3 is 0 Å². The van der Waals surface area contributed by atoms with Crippen molar-refractivity contribution in [1.29, 1.82) is 5.26 Å². The highest BCUT2D eigenvalue weighted by Crippen LogP contribution is 2.13. The number of halogens is 1. The first-order valence-corrected chi connectivity index (χ1v) is 6.52. The van der Waals surface area contributed by atoms with E-state index in [9.17, 15) is 4.39 Å². The molecule has 2 rings (SSSR count). The van der Waals surface area contributed by atoms with E-state index in [1.165, 1.54) is 11.6 Å². The Morgan fingerprint density at radius 2 is 1.85 bits per heavy atom. The molecule has 0 saturated carbocycles. The maximum absolute atomic E-state index is 13.3. The maximum atomic E-state index is 13.3. The van der Waals surface area contributed by atoms with Gasteiger partial charge in [-0.2, -0.15) is 5.26 Å². The van der Waals surface area contributed by atoms with E-state index in [0.717, 1.165) is 18.7 Å². The van der Waals surface area contributed by atoms with Gasteiger partial charge in [0.05, 0.1) is 5.56 Å². The molecule has 2 aromatic rings. The highest BCUT2D eigenvalue weighted by Gasteiger charge is 2.08. The minimum atomic E-state index is -0.464. The fourth-order valence-corrected chi connectivity index (χ4v) is 2.04. The van der Waals surface area contributed by atoms with Crippen molar-refractivity contribution < 1.29 is 4.39 Å². The summed E-state index contributed by atoms with van der Waals surface area (Å²) in [5, 5.41) is 8.86. The number of aromatic nitrogens is 1. The van der Waals surface area contributed by atoms with Gasteiger partial charge in [-0.3, -0.25) is 9.88 Å². The average molecular weight is 269 g/mol. The van der Waals surface area contributed by atoms with E-state index in [1.807, 2.05) is 18.2 Å². The first kappa shape index (κ1) is 14.2. The Morgan fingerprint density at radius 1 is 1.15 bits per heavy atom. The lowest BCUT2D eigenvalue weighted by Gasteiger charge is -2.20. The van der Waals surface area contributed by atoms with Crippen molar-refractivity contribution in [3.63, 3.8) is 0 Å². The molecule has 0 fully saturated rings. The quantitative estimate of drug-likeness (QED) is 0.837. The van der Waals surface area contributed by atoms with Crippen LogP contribution in [0.5, 0.6) is 0 Å². The lowest BCUT2D eigenvalue weighted by molar-refractivity contribution is 0.271. The Balaban J connectivity index is 2.09. The Hall–Kier alpha value is -2.25. The molecule has 0 aliphatic rings. The van der Waals surface area contributed by atoms with Crippen molar-refractivity contribution >= 4 is 0 Å². The summed E-state index contributed by atoms with van der Waals surface area (Å²) in [5.41, 5.74) is 2.23. The minimum absolute atomic E-state index is 0.0995. The summed E-state index contributed by atoms with van der Waals surface area (Å²) in [7, 11) is 0. The second-order valence-corrected chi connectivity index (χ2v) is 4.58. The maximum Gasteiger partial charge on any atom is 0.140 e. The molecule has 4 heteroatoms. The third-order valence-electron chi connectivity index (χ3n) is 3.16. The number of pyridine rings is 1. The van der Waals surface area contributed by atoms with Gasteiger partial charge < -0.3 is 0 Å². The van der Waals surface area contributed by atoms with Crippen molar-refractivity contribution in [2.45, 2.75) is 20.0 Å². The number of nitriles is 1. The molecule has 0 N–H and O–H groups in total. The van der Waals surface area contributed by atoms with Crippen LogP contribution in [0.4, 0.5) is 4.39 Å². The van der Waals surface area contributed by atoms with Gasteiger partial charge in [0.25, 0.3) is 0 Å². The van der Waals surface area contributed by atoms with E-state index >= 15 is 0 Å². The zero-order valence-electron chi connectivity index (χ0n) is 11.4. The number of benzene rings is 1. The van der Waals surface area contributed by atoms with Gasteiger partial charge in [-0.15, -0.1) is 0 Å². The summed E-state index contributed by atoms with van der Waals surface area (Å²) < 4.78 is 13.3. The molecule has 3 nitrogen and oxygen atoms in total. The van der Waals surface area contributed by atoms with Crippen molar-refractivity contribution in [3.8, 4) is 6.07 Å². The lowest BCUT2D eigenvalue weighted by Crippen LogP contribution is -2.22. The molecule has 1 aromatic heterocycles. The van der Waals surface area contributed by atoms with Crippen molar-refractivity contribution in [2.24, 2.45) is 0 Å². The van der Waals surface area contributed by atoms with Crippen LogP contribution in [0.25, 0.3) is 0 Å². The Kier molecular flexibility index (Phi) is 4.80. The molecule has 0 radical (unpaired) electrons. The molecule has 0 aliphatic carbocycles. The molecule has 0 bridgehead atoms. The first-order chi connectivity index (χ1) is 9.72. The molecule has 0 unspecified atom stereocenters. The van der Waals surface area contributed by atoms with E-state index in [0.29, 0.717) is 6.54 Å². The standard InChI is InChI=1S/C16H16FN3/c1-2-20(11-13-5-7-19-8-6-13)12-14-3-4-16(17)15(9-14)10-18/h3-9H,2,11-12H2,1H3. The first-order valence-electron chi connectivity index (χ1n) is 6.52. The third kappa shape index (κ3) is 3.62. The van der Waals surface area contributed by atoms with E-state index in [4.69, 9.17) is 5.26 Å². The number of hydrogen-bond donors (Lipinski definition) is 0. The van der Waals surface area contributed by atoms with Gasteiger partial charge in [-0.05, 0) is 41.9 Å². The highest BCUT2D eigenvalue weighted by molar-refractivity contribution is 5.34. The van der Waals surface area contributed by atoms with Crippen molar-refractivity contribution in [1.82, 2.24) is 9.88 Å². The number of nitrogens with zero attached hydrogens (tertiary/aromatic N) is 3. The van der Waals surface area contributed by atoms with E-state index in [2.05, 4.69) is 16.8 Å². The van der Waals surface area contributed by atoms with Crippen LogP contribution in [0.3, 0.4) is 0 Å². The van der Waals surface area contributed by atoms with Crippen LogP contribution in [0.2, 0.25) is 0 Å². The molecule has 0 aliphatic heterocycles. The van der Waals surface area contributed by atoms with Crippen LogP contribution in [0.1, 0.15) is 23.6 Å². The molecule has 0 spiro atoms. The van der Waals surface area contributed by atoms with E-state index in [1.54, 1.807) is 24.5 Å². The predicted molar refractivity (Wildman–Crippen MR) is 75.1 cm³/mol. The summed E-state index contributed by atoms with van der Waals surface area (Å²) in [5.74, 6) is -0.464. The van der Waals surface area contributed by atoms with Gasteiger partial charge in [0.15, 0.2) is 0 Å². The van der Waals surface area contributed by atoms with Crippen LogP contribution < -0.4 is 0 Å². The van der Waals surface area contributed by atoms with E-state index < -0.39 is 5.82 Å². The Labute approximate surface area is 118 Å². The fraction of sp³-hybridized carbons (Fsp3) is 0.250. The van der Waals surface area contributed by atoms with Crippen LogP contribution in [0, 0.1) is 17.1 Å². The van der Waals surface area contributed by atoms with Crippen LogP contribution in [-0.2, 0) is 13.1 Å². The van der Waals surface area contributed by atoms with Gasteiger partial charge in [0, 0.05) is 25.5 Å². The predicted octanol–water partition coefficient (Wildman–Crippen LogP) is 3.11. The van der Waals surface area contributed by atoms with Crippen LogP contribution in [0.15, 0.2) is 42.7 Å². The van der Waals surface area contributed by atoms with Gasteiger partial charge in [-0.1, -0.05) is 13.0 Å². The summed E-state index contributed by atoms with van der Waals surface area (Å²) in [6.07, 6.45) is 3.55. The van der Waals surface area contributed by atoms with Gasteiger partial charge in [0.1, 0.15) is 11.9 Å². The molecular formula is C16H16FN3. The molecule has 0 saturated heterocycles. The monoisotopic (exact) mass is 269 g/mol. The molecule has 1 heterocycles. The lowest BCUT2D eigenvalue weighted by atomic mass is 10.1.